The molecule has 0 fully saturated rings. The number of ether oxygens (including phenoxy) is 1. The standard InChI is InChI=1S/C25H32Cl2N2O3/c1-4-23(25(31)28-16-18(2)3)29(17-20-21(26)12-8-13-22(20)27)24(30)14-9-15-32-19-10-6-5-7-11-19/h5-8,10-13,18,23H,4,9,14-17H2,1-3H3,(H,28,31). The largest absolute Gasteiger partial charge is 0.494 e. The third-order valence-corrected chi connectivity index (χ3v) is 5.72. The van der Waals surface area contributed by atoms with Crippen molar-refractivity contribution in [1.82, 2.24) is 10.2 Å². The predicted molar refractivity (Wildman–Crippen MR) is 130 cm³/mol. The Morgan fingerprint density at radius 1 is 1.03 bits per heavy atom. The first-order valence-electron chi connectivity index (χ1n) is 11.0. The van der Waals surface area contributed by atoms with Crippen LogP contribution in [0.25, 0.3) is 0 Å². The third kappa shape index (κ3) is 8.03. The van der Waals surface area contributed by atoms with Gasteiger partial charge in [0.25, 0.3) is 0 Å². The van der Waals surface area contributed by atoms with E-state index in [-0.39, 0.29) is 24.8 Å². The summed E-state index contributed by atoms with van der Waals surface area (Å²) in [6.45, 7) is 7.08. The van der Waals surface area contributed by atoms with Crippen LogP contribution in [0.3, 0.4) is 0 Å². The van der Waals surface area contributed by atoms with Crippen LogP contribution in [0.1, 0.15) is 45.6 Å². The van der Waals surface area contributed by atoms with E-state index in [4.69, 9.17) is 27.9 Å². The van der Waals surface area contributed by atoms with Crippen LogP contribution in [-0.2, 0) is 16.1 Å². The number of halogens is 2. The fourth-order valence-electron chi connectivity index (χ4n) is 3.27. The van der Waals surface area contributed by atoms with Crippen LogP contribution in [0.15, 0.2) is 48.5 Å². The molecule has 0 saturated carbocycles. The number of nitrogens with one attached hydrogen (secondary N) is 1. The Labute approximate surface area is 201 Å². The molecule has 174 valence electrons. The Balaban J connectivity index is 2.12. The molecule has 2 amide bonds. The van der Waals surface area contributed by atoms with E-state index in [9.17, 15) is 9.59 Å². The maximum Gasteiger partial charge on any atom is 0.242 e. The molecule has 0 heterocycles. The topological polar surface area (TPSA) is 58.6 Å². The van der Waals surface area contributed by atoms with Gasteiger partial charge < -0.3 is 15.0 Å². The van der Waals surface area contributed by atoms with Crippen LogP contribution >= 0.6 is 23.2 Å². The van der Waals surface area contributed by atoms with Crippen molar-refractivity contribution in [1.29, 1.82) is 0 Å². The number of hydrogen-bond donors (Lipinski definition) is 1. The Bertz CT molecular complexity index is 854. The average Bonchev–Trinajstić information content (AvgIpc) is 2.77. The van der Waals surface area contributed by atoms with Gasteiger partial charge in [-0.05, 0) is 43.0 Å². The van der Waals surface area contributed by atoms with Gasteiger partial charge in [0.05, 0.1) is 6.61 Å². The van der Waals surface area contributed by atoms with Crippen molar-refractivity contribution in [2.24, 2.45) is 5.92 Å². The molecule has 1 unspecified atom stereocenters. The van der Waals surface area contributed by atoms with Crippen molar-refractivity contribution in [3.63, 3.8) is 0 Å². The van der Waals surface area contributed by atoms with Gasteiger partial charge in [0.1, 0.15) is 11.8 Å². The molecule has 1 N–H and O–H groups in total. The number of carbonyl (C=O) groups excluding carboxylic acids is 2. The molecule has 2 aromatic carbocycles. The molecule has 0 bridgehead atoms. The Morgan fingerprint density at radius 3 is 2.28 bits per heavy atom. The average molecular weight is 479 g/mol. The molecule has 0 saturated heterocycles. The van der Waals surface area contributed by atoms with Crippen LogP contribution < -0.4 is 10.1 Å². The molecule has 0 spiro atoms. The number of hydrogen-bond acceptors (Lipinski definition) is 3. The zero-order valence-corrected chi connectivity index (χ0v) is 20.5. The van der Waals surface area contributed by atoms with Gasteiger partial charge in [-0.2, -0.15) is 0 Å². The molecule has 5 nitrogen and oxygen atoms in total. The lowest BCUT2D eigenvalue weighted by Gasteiger charge is -2.31. The van der Waals surface area contributed by atoms with Crippen LogP contribution in [-0.4, -0.2) is 35.9 Å². The summed E-state index contributed by atoms with van der Waals surface area (Å²) in [5.74, 6) is 0.773. The van der Waals surface area contributed by atoms with Crippen molar-refractivity contribution < 1.29 is 14.3 Å². The van der Waals surface area contributed by atoms with Gasteiger partial charge in [0.15, 0.2) is 0 Å². The van der Waals surface area contributed by atoms with Gasteiger partial charge in [0, 0.05) is 35.1 Å². The Kier molecular flexibility index (Phi) is 10.8. The SMILES string of the molecule is CCC(C(=O)NCC(C)C)N(Cc1c(Cl)cccc1Cl)C(=O)CCCOc1ccccc1. The Morgan fingerprint density at radius 2 is 1.69 bits per heavy atom. The summed E-state index contributed by atoms with van der Waals surface area (Å²) in [6.07, 6.45) is 1.27. The zero-order valence-electron chi connectivity index (χ0n) is 18.9. The van der Waals surface area contributed by atoms with E-state index in [0.29, 0.717) is 47.5 Å². The fourth-order valence-corrected chi connectivity index (χ4v) is 3.79. The highest BCUT2D eigenvalue weighted by Crippen LogP contribution is 2.27. The van der Waals surface area contributed by atoms with Crippen LogP contribution in [0.5, 0.6) is 5.75 Å². The molecule has 32 heavy (non-hydrogen) atoms. The fraction of sp³-hybridized carbons (Fsp3) is 0.440. The first-order chi connectivity index (χ1) is 15.3. The van der Waals surface area contributed by atoms with E-state index in [1.807, 2.05) is 51.1 Å². The summed E-state index contributed by atoms with van der Waals surface area (Å²) in [5.41, 5.74) is 0.639. The van der Waals surface area contributed by atoms with E-state index in [2.05, 4.69) is 5.32 Å². The number of nitrogens with zero attached hydrogens (tertiary/aromatic N) is 1. The first kappa shape index (κ1) is 26.0. The van der Waals surface area contributed by atoms with Gasteiger partial charge in [-0.1, -0.05) is 68.2 Å². The predicted octanol–water partition coefficient (Wildman–Crippen LogP) is 5.73. The van der Waals surface area contributed by atoms with Gasteiger partial charge in [-0.25, -0.2) is 0 Å². The number of para-hydroxylation sites is 1. The molecule has 2 rings (SSSR count). The summed E-state index contributed by atoms with van der Waals surface area (Å²) in [7, 11) is 0. The van der Waals surface area contributed by atoms with Crippen molar-refractivity contribution in [3.05, 3.63) is 64.1 Å². The molecule has 0 radical (unpaired) electrons. The molecular weight excluding hydrogens is 447 g/mol. The van der Waals surface area contributed by atoms with Crippen LogP contribution in [0, 0.1) is 5.92 Å². The highest BCUT2D eigenvalue weighted by molar-refractivity contribution is 6.36. The molecule has 1 atom stereocenters. The first-order valence-corrected chi connectivity index (χ1v) is 11.8. The second kappa shape index (κ2) is 13.3. The Hall–Kier alpha value is -2.24. The number of carbonyl (C=O) groups is 2. The maximum atomic E-state index is 13.2. The molecule has 0 aliphatic heterocycles. The monoisotopic (exact) mass is 478 g/mol. The van der Waals surface area contributed by atoms with Crippen molar-refractivity contribution >= 4 is 35.0 Å². The number of benzene rings is 2. The van der Waals surface area contributed by atoms with E-state index in [0.717, 1.165) is 5.75 Å². The quantitative estimate of drug-likeness (QED) is 0.396. The van der Waals surface area contributed by atoms with Gasteiger partial charge in [-0.15, -0.1) is 0 Å². The number of rotatable bonds is 12. The molecular formula is C25H32Cl2N2O3. The maximum absolute atomic E-state index is 13.2. The smallest absolute Gasteiger partial charge is 0.242 e. The van der Waals surface area contributed by atoms with E-state index < -0.39 is 6.04 Å². The molecule has 7 heteroatoms. The molecule has 0 aliphatic rings. The van der Waals surface area contributed by atoms with E-state index in [1.165, 1.54) is 0 Å². The lowest BCUT2D eigenvalue weighted by Crippen LogP contribution is -2.49. The molecule has 0 aromatic heterocycles. The highest BCUT2D eigenvalue weighted by atomic mass is 35.5. The van der Waals surface area contributed by atoms with Crippen molar-refractivity contribution in [3.8, 4) is 5.75 Å². The lowest BCUT2D eigenvalue weighted by molar-refractivity contribution is -0.141. The third-order valence-electron chi connectivity index (χ3n) is 5.01. The summed E-state index contributed by atoms with van der Waals surface area (Å²) in [5, 5.41) is 3.89. The van der Waals surface area contributed by atoms with Gasteiger partial charge >= 0.3 is 0 Å². The minimum atomic E-state index is -0.608. The second-order valence-electron chi connectivity index (χ2n) is 8.05. The van der Waals surface area contributed by atoms with E-state index in [1.54, 1.807) is 23.1 Å². The normalized spacial score (nSPS) is 11.8. The minimum Gasteiger partial charge on any atom is -0.494 e. The van der Waals surface area contributed by atoms with Crippen molar-refractivity contribution in [2.45, 2.75) is 52.6 Å². The summed E-state index contributed by atoms with van der Waals surface area (Å²) in [6, 6.07) is 14.1. The van der Waals surface area contributed by atoms with Crippen LogP contribution in [0.4, 0.5) is 0 Å². The zero-order chi connectivity index (χ0) is 23.5. The van der Waals surface area contributed by atoms with Crippen LogP contribution in [0.2, 0.25) is 10.0 Å². The van der Waals surface area contributed by atoms with E-state index >= 15 is 0 Å². The van der Waals surface area contributed by atoms with Gasteiger partial charge in [0.2, 0.25) is 11.8 Å². The second-order valence-corrected chi connectivity index (χ2v) is 8.86. The molecule has 0 aliphatic carbocycles. The van der Waals surface area contributed by atoms with Gasteiger partial charge in [-0.3, -0.25) is 9.59 Å². The van der Waals surface area contributed by atoms with Crippen molar-refractivity contribution in [2.75, 3.05) is 13.2 Å². The summed E-state index contributed by atoms with van der Waals surface area (Å²) >= 11 is 12.7. The molecule has 2 aromatic rings. The summed E-state index contributed by atoms with van der Waals surface area (Å²) < 4.78 is 5.70. The highest BCUT2D eigenvalue weighted by Gasteiger charge is 2.29. The number of amides is 2. The minimum absolute atomic E-state index is 0.135. The summed E-state index contributed by atoms with van der Waals surface area (Å²) in [4.78, 5) is 27.7. The lowest BCUT2D eigenvalue weighted by atomic mass is 10.1.